The van der Waals surface area contributed by atoms with Crippen LogP contribution in [0.25, 0.3) is 21.9 Å². The van der Waals surface area contributed by atoms with Crippen molar-refractivity contribution < 1.29 is 21.6 Å². The van der Waals surface area contributed by atoms with Crippen LogP contribution in [0, 0.1) is 6.92 Å². The van der Waals surface area contributed by atoms with Gasteiger partial charge in [0.15, 0.2) is 0 Å². The summed E-state index contributed by atoms with van der Waals surface area (Å²) in [6.07, 6.45) is -0.279. The molecular weight excluding hydrogens is 493 g/mol. The van der Waals surface area contributed by atoms with Crippen LogP contribution < -0.4 is 5.69 Å². The Kier molecular flexibility index (Phi) is 6.28. The minimum atomic E-state index is -4.57. The average molecular weight is 515 g/mol. The minimum Gasteiger partial charge on any atom is -0.343 e. The number of fused-ring (bicyclic) bond motifs is 2. The first-order valence-electron chi connectivity index (χ1n) is 10.4. The SMILES string of the molecule is Cc1cncc2c1n(CC(F)(F)F)c(=O)n2Cc1cc2cc(Cl)ccc2n1CCCS(C)(=O)=O. The summed E-state index contributed by atoms with van der Waals surface area (Å²) in [4.78, 5) is 17.2. The van der Waals surface area contributed by atoms with E-state index in [4.69, 9.17) is 11.6 Å². The normalized spacial score (nSPS) is 12.8. The zero-order valence-electron chi connectivity index (χ0n) is 18.4. The summed E-state index contributed by atoms with van der Waals surface area (Å²) in [6, 6.07) is 7.05. The summed E-state index contributed by atoms with van der Waals surface area (Å²) in [5, 5.41) is 1.29. The molecule has 34 heavy (non-hydrogen) atoms. The lowest BCUT2D eigenvalue weighted by molar-refractivity contribution is -0.140. The van der Waals surface area contributed by atoms with Crippen molar-refractivity contribution in [2.45, 2.75) is 39.2 Å². The molecule has 0 aliphatic heterocycles. The third kappa shape index (κ3) is 5.00. The van der Waals surface area contributed by atoms with Gasteiger partial charge in [0.1, 0.15) is 16.4 Å². The average Bonchev–Trinajstić information content (AvgIpc) is 3.16. The Morgan fingerprint density at radius 3 is 2.47 bits per heavy atom. The molecule has 0 bridgehead atoms. The molecule has 4 rings (SSSR count). The van der Waals surface area contributed by atoms with Crippen LogP contribution in [0.4, 0.5) is 13.2 Å². The van der Waals surface area contributed by atoms with Crippen molar-refractivity contribution in [1.82, 2.24) is 18.7 Å². The second-order valence-electron chi connectivity index (χ2n) is 8.37. The number of nitrogens with zero attached hydrogens (tertiary/aromatic N) is 4. The number of alkyl halides is 3. The molecule has 0 saturated carbocycles. The summed E-state index contributed by atoms with van der Waals surface area (Å²) >= 11 is 6.13. The summed E-state index contributed by atoms with van der Waals surface area (Å²) in [7, 11) is -3.17. The van der Waals surface area contributed by atoms with Gasteiger partial charge in [-0.05, 0) is 43.2 Å². The monoisotopic (exact) mass is 514 g/mol. The van der Waals surface area contributed by atoms with Crippen LogP contribution in [0.1, 0.15) is 17.7 Å². The van der Waals surface area contributed by atoms with Gasteiger partial charge in [-0.2, -0.15) is 13.2 Å². The highest BCUT2D eigenvalue weighted by atomic mass is 35.5. The molecule has 12 heteroatoms. The lowest BCUT2D eigenvalue weighted by atomic mass is 10.2. The molecular formula is C22H22ClF3N4O3S. The molecule has 182 valence electrons. The molecule has 0 aliphatic carbocycles. The van der Waals surface area contributed by atoms with Gasteiger partial charge in [0, 0.05) is 40.6 Å². The maximum atomic E-state index is 13.2. The molecule has 0 atom stereocenters. The van der Waals surface area contributed by atoms with Crippen LogP contribution in [0.5, 0.6) is 0 Å². The van der Waals surface area contributed by atoms with Gasteiger partial charge in [-0.1, -0.05) is 11.6 Å². The lowest BCUT2D eigenvalue weighted by Gasteiger charge is -2.12. The van der Waals surface area contributed by atoms with Crippen molar-refractivity contribution in [2.75, 3.05) is 12.0 Å². The predicted octanol–water partition coefficient (Wildman–Crippen LogP) is 4.16. The minimum absolute atomic E-state index is 0.0174. The van der Waals surface area contributed by atoms with Crippen LogP contribution in [-0.2, 0) is 29.5 Å². The highest BCUT2D eigenvalue weighted by molar-refractivity contribution is 7.90. The summed E-state index contributed by atoms with van der Waals surface area (Å²) < 4.78 is 66.8. The Morgan fingerprint density at radius 1 is 1.06 bits per heavy atom. The molecule has 0 spiro atoms. The van der Waals surface area contributed by atoms with E-state index < -0.39 is 28.2 Å². The Balaban J connectivity index is 1.85. The van der Waals surface area contributed by atoms with Gasteiger partial charge in [0.05, 0.1) is 29.5 Å². The molecule has 0 unspecified atom stereocenters. The number of benzene rings is 1. The van der Waals surface area contributed by atoms with Gasteiger partial charge in [-0.25, -0.2) is 13.2 Å². The first-order chi connectivity index (χ1) is 15.8. The topological polar surface area (TPSA) is 78.9 Å². The summed E-state index contributed by atoms with van der Waals surface area (Å²) in [6.45, 7) is 0.528. The van der Waals surface area contributed by atoms with Crippen LogP contribution in [-0.4, -0.2) is 45.3 Å². The molecule has 0 amide bonds. The molecule has 0 saturated heterocycles. The second-order valence-corrected chi connectivity index (χ2v) is 11.1. The van der Waals surface area contributed by atoms with E-state index in [0.29, 0.717) is 34.8 Å². The number of sulfone groups is 1. The van der Waals surface area contributed by atoms with Gasteiger partial charge in [-0.3, -0.25) is 14.1 Å². The zero-order valence-corrected chi connectivity index (χ0v) is 20.0. The molecule has 4 aromatic rings. The van der Waals surface area contributed by atoms with Crippen molar-refractivity contribution in [3.8, 4) is 0 Å². The number of hydrogen-bond acceptors (Lipinski definition) is 4. The fourth-order valence-corrected chi connectivity index (χ4v) is 5.09. The van der Waals surface area contributed by atoms with Crippen molar-refractivity contribution >= 4 is 43.4 Å². The van der Waals surface area contributed by atoms with E-state index in [0.717, 1.165) is 21.7 Å². The van der Waals surface area contributed by atoms with Gasteiger partial charge in [0.2, 0.25) is 0 Å². The van der Waals surface area contributed by atoms with E-state index in [1.807, 2.05) is 10.6 Å². The van der Waals surface area contributed by atoms with Gasteiger partial charge in [0.25, 0.3) is 0 Å². The third-order valence-electron chi connectivity index (χ3n) is 5.61. The highest BCUT2D eigenvalue weighted by Crippen LogP contribution is 2.27. The van der Waals surface area contributed by atoms with Crippen molar-refractivity contribution in [2.24, 2.45) is 0 Å². The molecule has 0 N–H and O–H groups in total. The van der Waals surface area contributed by atoms with Crippen LogP contribution >= 0.6 is 11.6 Å². The maximum Gasteiger partial charge on any atom is 0.406 e. The zero-order chi connectivity index (χ0) is 24.8. The van der Waals surface area contributed by atoms with Crippen molar-refractivity contribution in [3.05, 3.63) is 63.4 Å². The summed E-state index contributed by atoms with van der Waals surface area (Å²) in [5.41, 5.74) is 1.56. The highest BCUT2D eigenvalue weighted by Gasteiger charge is 2.31. The Morgan fingerprint density at radius 2 is 1.79 bits per heavy atom. The van der Waals surface area contributed by atoms with E-state index in [2.05, 4.69) is 4.98 Å². The molecule has 3 aromatic heterocycles. The molecule has 0 radical (unpaired) electrons. The van der Waals surface area contributed by atoms with E-state index in [1.165, 1.54) is 17.0 Å². The van der Waals surface area contributed by atoms with Gasteiger partial charge >= 0.3 is 11.9 Å². The number of rotatable bonds is 7. The number of aryl methyl sites for hydroxylation is 2. The summed E-state index contributed by atoms with van der Waals surface area (Å²) in [5.74, 6) is -0.0202. The largest absolute Gasteiger partial charge is 0.406 e. The number of aromatic nitrogens is 4. The van der Waals surface area contributed by atoms with Crippen molar-refractivity contribution in [3.63, 3.8) is 0 Å². The standard InChI is InChI=1S/C22H22ClF3N4O3S/c1-14-10-27-11-19-20(14)30(13-22(24,25)26)21(31)29(19)12-17-9-15-8-16(23)4-5-18(15)28(17)6-3-7-34(2,32)33/h4-5,8-11H,3,6-7,12-13H2,1-2H3. The Labute approximate surface area is 198 Å². The molecule has 1 aromatic carbocycles. The van der Waals surface area contributed by atoms with Crippen LogP contribution in [0.2, 0.25) is 5.02 Å². The Hall–Kier alpha value is -2.79. The van der Waals surface area contributed by atoms with Gasteiger partial charge < -0.3 is 4.57 Å². The van der Waals surface area contributed by atoms with E-state index >= 15 is 0 Å². The van der Waals surface area contributed by atoms with Crippen LogP contribution in [0.15, 0.2) is 41.5 Å². The lowest BCUT2D eigenvalue weighted by Crippen LogP contribution is -2.30. The predicted molar refractivity (Wildman–Crippen MR) is 125 cm³/mol. The number of pyridine rings is 1. The molecule has 0 fully saturated rings. The second kappa shape index (κ2) is 8.77. The van der Waals surface area contributed by atoms with Crippen molar-refractivity contribution in [1.29, 1.82) is 0 Å². The third-order valence-corrected chi connectivity index (χ3v) is 6.87. The van der Waals surface area contributed by atoms with E-state index in [9.17, 15) is 26.4 Å². The quantitative estimate of drug-likeness (QED) is 0.371. The molecule has 0 aliphatic rings. The van der Waals surface area contributed by atoms with E-state index in [1.54, 1.807) is 25.1 Å². The van der Waals surface area contributed by atoms with Gasteiger partial charge in [-0.15, -0.1) is 0 Å². The fraction of sp³-hybridized carbons (Fsp3) is 0.364. The first kappa shape index (κ1) is 24.3. The van der Waals surface area contributed by atoms with Crippen LogP contribution in [0.3, 0.4) is 0 Å². The number of hydrogen-bond donors (Lipinski definition) is 0. The maximum absolute atomic E-state index is 13.2. The van der Waals surface area contributed by atoms with E-state index in [-0.39, 0.29) is 17.8 Å². The number of halogens is 4. The Bertz CT molecular complexity index is 1550. The molecule has 3 heterocycles. The fourth-order valence-electron chi connectivity index (χ4n) is 4.26. The number of imidazole rings is 1. The molecule has 7 nitrogen and oxygen atoms in total. The smallest absolute Gasteiger partial charge is 0.343 e. The first-order valence-corrected chi connectivity index (χ1v) is 12.8.